The third-order valence-electron chi connectivity index (χ3n) is 3.74. The van der Waals surface area contributed by atoms with Gasteiger partial charge in [0, 0.05) is 12.5 Å². The first-order valence-corrected chi connectivity index (χ1v) is 9.06. The Morgan fingerprint density at radius 3 is 2.87 bits per heavy atom. The van der Waals surface area contributed by atoms with E-state index in [-0.39, 0.29) is 11.7 Å². The third-order valence-corrected chi connectivity index (χ3v) is 5.01. The summed E-state index contributed by atoms with van der Waals surface area (Å²) in [4.78, 5) is 12.1. The van der Waals surface area contributed by atoms with Crippen LogP contribution in [0.25, 0.3) is 0 Å². The minimum Gasteiger partial charge on any atom is -0.324 e. The van der Waals surface area contributed by atoms with Crippen molar-refractivity contribution in [2.75, 3.05) is 11.1 Å². The molecule has 0 saturated heterocycles. The Morgan fingerprint density at radius 2 is 2.22 bits per heavy atom. The molecule has 7 heteroatoms. The smallest absolute Gasteiger partial charge is 0.234 e. The van der Waals surface area contributed by atoms with Crippen molar-refractivity contribution in [2.24, 2.45) is 0 Å². The maximum absolute atomic E-state index is 12.1. The number of benzene rings is 1. The number of amides is 1. The maximum atomic E-state index is 12.1. The lowest BCUT2D eigenvalue weighted by molar-refractivity contribution is -0.113. The fourth-order valence-electron chi connectivity index (χ4n) is 2.39. The van der Waals surface area contributed by atoms with Gasteiger partial charge in [-0.05, 0) is 44.4 Å². The normalized spacial score (nSPS) is 14.0. The van der Waals surface area contributed by atoms with Crippen LogP contribution in [-0.2, 0) is 11.3 Å². The number of hydrogen-bond donors (Lipinski definition) is 1. The van der Waals surface area contributed by atoms with E-state index in [1.807, 2.05) is 25.1 Å². The van der Waals surface area contributed by atoms with Gasteiger partial charge in [0.05, 0.1) is 16.5 Å². The predicted molar refractivity (Wildman–Crippen MR) is 93.2 cm³/mol. The Morgan fingerprint density at radius 1 is 1.43 bits per heavy atom. The molecule has 1 aliphatic carbocycles. The van der Waals surface area contributed by atoms with E-state index in [1.165, 1.54) is 24.6 Å². The number of carbonyl (C=O) groups excluding carboxylic acids is 1. The summed E-state index contributed by atoms with van der Waals surface area (Å²) < 4.78 is 2.11. The van der Waals surface area contributed by atoms with Gasteiger partial charge in [0.1, 0.15) is 5.82 Å². The molecule has 0 atom stereocenters. The summed E-state index contributed by atoms with van der Waals surface area (Å²) >= 11 is 7.54. The summed E-state index contributed by atoms with van der Waals surface area (Å²) in [7, 11) is 0. The molecule has 1 aromatic carbocycles. The number of thioether (sulfide) groups is 1. The summed E-state index contributed by atoms with van der Waals surface area (Å²) in [5, 5.41) is 12.7. The molecular formula is C16H19ClN4OS. The maximum Gasteiger partial charge on any atom is 0.234 e. The van der Waals surface area contributed by atoms with Crippen molar-refractivity contribution in [3.8, 4) is 0 Å². The topological polar surface area (TPSA) is 59.8 Å². The average molecular weight is 351 g/mol. The molecule has 122 valence electrons. The quantitative estimate of drug-likeness (QED) is 0.803. The van der Waals surface area contributed by atoms with Crippen molar-refractivity contribution in [1.29, 1.82) is 0 Å². The molecule has 0 aliphatic heterocycles. The zero-order valence-electron chi connectivity index (χ0n) is 13.2. The molecule has 1 heterocycles. The van der Waals surface area contributed by atoms with Crippen LogP contribution in [0.15, 0.2) is 23.4 Å². The second-order valence-electron chi connectivity index (χ2n) is 5.68. The van der Waals surface area contributed by atoms with Gasteiger partial charge in [-0.25, -0.2) is 0 Å². The van der Waals surface area contributed by atoms with Crippen molar-refractivity contribution in [1.82, 2.24) is 14.8 Å². The number of hydrogen-bond acceptors (Lipinski definition) is 4. The number of rotatable bonds is 6. The number of anilines is 1. The number of aryl methyl sites for hydroxylation is 1. The minimum atomic E-state index is -0.0978. The monoisotopic (exact) mass is 350 g/mol. The van der Waals surface area contributed by atoms with Crippen molar-refractivity contribution in [3.05, 3.63) is 34.6 Å². The first kappa shape index (κ1) is 16.3. The summed E-state index contributed by atoms with van der Waals surface area (Å²) in [5.74, 6) is 1.79. The molecule has 0 radical (unpaired) electrons. The van der Waals surface area contributed by atoms with E-state index in [0.717, 1.165) is 23.1 Å². The molecule has 1 amide bonds. The second kappa shape index (κ2) is 6.93. The molecular weight excluding hydrogens is 332 g/mol. The molecule has 1 fully saturated rings. The van der Waals surface area contributed by atoms with Crippen LogP contribution in [0.1, 0.15) is 37.1 Å². The first-order valence-electron chi connectivity index (χ1n) is 7.70. The van der Waals surface area contributed by atoms with Gasteiger partial charge in [0.25, 0.3) is 0 Å². The van der Waals surface area contributed by atoms with Crippen LogP contribution >= 0.6 is 23.4 Å². The Bertz CT molecular complexity index is 727. The van der Waals surface area contributed by atoms with Gasteiger partial charge in [-0.1, -0.05) is 29.4 Å². The van der Waals surface area contributed by atoms with Crippen molar-refractivity contribution >= 4 is 35.0 Å². The average Bonchev–Trinajstić information content (AvgIpc) is 3.28. The van der Waals surface area contributed by atoms with Gasteiger partial charge in [0.2, 0.25) is 5.91 Å². The Labute approximate surface area is 144 Å². The molecule has 1 aliphatic rings. The number of nitrogens with one attached hydrogen (secondary N) is 1. The van der Waals surface area contributed by atoms with Crippen LogP contribution in [0.3, 0.4) is 0 Å². The van der Waals surface area contributed by atoms with Crippen molar-refractivity contribution < 1.29 is 4.79 Å². The largest absolute Gasteiger partial charge is 0.324 e. The Hall–Kier alpha value is -1.53. The Balaban J connectivity index is 1.60. The van der Waals surface area contributed by atoms with E-state index >= 15 is 0 Å². The van der Waals surface area contributed by atoms with E-state index < -0.39 is 0 Å². The fourth-order valence-corrected chi connectivity index (χ4v) is 3.48. The van der Waals surface area contributed by atoms with Gasteiger partial charge >= 0.3 is 0 Å². The second-order valence-corrected chi connectivity index (χ2v) is 7.03. The lowest BCUT2D eigenvalue weighted by Crippen LogP contribution is -2.15. The zero-order valence-corrected chi connectivity index (χ0v) is 14.7. The molecule has 23 heavy (non-hydrogen) atoms. The standard InChI is InChI=1S/C16H19ClN4OS/c1-3-21-15(11-5-6-11)19-20-16(21)23-9-14(22)18-13-7-4-10(2)8-12(13)17/h4,7-8,11H,3,5-6,9H2,1-2H3,(H,18,22). The van der Waals surface area contributed by atoms with Gasteiger partial charge in [-0.2, -0.15) is 0 Å². The number of nitrogens with zero attached hydrogens (tertiary/aromatic N) is 3. The van der Waals surface area contributed by atoms with Crippen LogP contribution in [0, 0.1) is 6.92 Å². The first-order chi connectivity index (χ1) is 11.1. The fraction of sp³-hybridized carbons (Fsp3) is 0.438. The van der Waals surface area contributed by atoms with E-state index in [9.17, 15) is 4.79 Å². The van der Waals surface area contributed by atoms with Crippen molar-refractivity contribution in [3.63, 3.8) is 0 Å². The van der Waals surface area contributed by atoms with Crippen LogP contribution in [-0.4, -0.2) is 26.4 Å². The summed E-state index contributed by atoms with van der Waals surface area (Å²) in [5.41, 5.74) is 1.70. The summed E-state index contributed by atoms with van der Waals surface area (Å²) in [6, 6.07) is 5.57. The molecule has 2 aromatic rings. The van der Waals surface area contributed by atoms with Gasteiger partial charge in [-0.3, -0.25) is 4.79 Å². The summed E-state index contributed by atoms with van der Waals surface area (Å²) in [6.07, 6.45) is 2.38. The van der Waals surface area contributed by atoms with Crippen LogP contribution < -0.4 is 5.32 Å². The molecule has 3 rings (SSSR count). The molecule has 1 aromatic heterocycles. The number of aromatic nitrogens is 3. The molecule has 1 N–H and O–H groups in total. The van der Waals surface area contributed by atoms with Crippen LogP contribution in [0.2, 0.25) is 5.02 Å². The molecule has 0 unspecified atom stereocenters. The Kier molecular flexibility index (Phi) is 4.92. The van der Waals surface area contributed by atoms with E-state index in [4.69, 9.17) is 11.6 Å². The highest BCUT2D eigenvalue weighted by atomic mass is 35.5. The highest BCUT2D eigenvalue weighted by Crippen LogP contribution is 2.40. The van der Waals surface area contributed by atoms with Gasteiger partial charge in [-0.15, -0.1) is 10.2 Å². The zero-order chi connectivity index (χ0) is 16.4. The summed E-state index contributed by atoms with van der Waals surface area (Å²) in [6.45, 7) is 4.86. The van der Waals surface area contributed by atoms with Crippen molar-refractivity contribution in [2.45, 2.75) is 44.3 Å². The molecule has 1 saturated carbocycles. The third kappa shape index (κ3) is 3.87. The van der Waals surface area contributed by atoms with E-state index in [2.05, 4.69) is 27.0 Å². The van der Waals surface area contributed by atoms with E-state index in [0.29, 0.717) is 16.6 Å². The SMILES string of the molecule is CCn1c(SCC(=O)Nc2ccc(C)cc2Cl)nnc1C1CC1. The molecule has 0 bridgehead atoms. The molecule has 0 spiro atoms. The lowest BCUT2D eigenvalue weighted by atomic mass is 10.2. The highest BCUT2D eigenvalue weighted by molar-refractivity contribution is 7.99. The molecule has 5 nitrogen and oxygen atoms in total. The van der Waals surface area contributed by atoms with E-state index in [1.54, 1.807) is 0 Å². The van der Waals surface area contributed by atoms with Crippen LogP contribution in [0.4, 0.5) is 5.69 Å². The lowest BCUT2D eigenvalue weighted by Gasteiger charge is -2.08. The van der Waals surface area contributed by atoms with Gasteiger partial charge < -0.3 is 9.88 Å². The highest BCUT2D eigenvalue weighted by Gasteiger charge is 2.30. The van der Waals surface area contributed by atoms with Crippen LogP contribution in [0.5, 0.6) is 0 Å². The predicted octanol–water partition coefficient (Wildman–Crippen LogP) is 3.87. The minimum absolute atomic E-state index is 0.0978. The number of carbonyl (C=O) groups is 1. The number of halogens is 1. The van der Waals surface area contributed by atoms with Gasteiger partial charge in [0.15, 0.2) is 5.16 Å².